The molecule has 2 heterocycles. The summed E-state index contributed by atoms with van der Waals surface area (Å²) in [6.45, 7) is 0.203. The Labute approximate surface area is 213 Å². The zero-order valence-corrected chi connectivity index (χ0v) is 20.3. The molecule has 8 heteroatoms. The number of allylic oxidation sites excluding steroid dienone is 2. The molecule has 0 N–H and O–H groups in total. The van der Waals surface area contributed by atoms with E-state index < -0.39 is 11.9 Å². The van der Waals surface area contributed by atoms with E-state index >= 15 is 0 Å². The summed E-state index contributed by atoms with van der Waals surface area (Å²) in [6, 6.07) is 13.7. The van der Waals surface area contributed by atoms with Gasteiger partial charge in [0.15, 0.2) is 0 Å². The number of hydrogen-bond acceptors (Lipinski definition) is 6. The number of nitrogens with zero attached hydrogens (tertiary/aromatic N) is 2. The molecule has 188 valence electrons. The van der Waals surface area contributed by atoms with Gasteiger partial charge in [0.25, 0.3) is 0 Å². The Bertz CT molecular complexity index is 1350. The van der Waals surface area contributed by atoms with Crippen LogP contribution >= 0.6 is 0 Å². The first kappa shape index (κ1) is 22.3. The van der Waals surface area contributed by atoms with Gasteiger partial charge in [-0.3, -0.25) is 19.2 Å². The average molecular weight is 499 g/mol. The van der Waals surface area contributed by atoms with E-state index in [0.29, 0.717) is 29.0 Å². The van der Waals surface area contributed by atoms with Gasteiger partial charge in [-0.2, -0.15) is 0 Å². The fourth-order valence-electron chi connectivity index (χ4n) is 6.99. The number of esters is 1. The highest BCUT2D eigenvalue weighted by Crippen LogP contribution is 2.65. The van der Waals surface area contributed by atoms with Crippen molar-refractivity contribution in [1.82, 2.24) is 0 Å². The number of anilines is 2. The van der Waals surface area contributed by atoms with E-state index in [2.05, 4.69) is 12.2 Å². The third-order valence-corrected chi connectivity index (χ3v) is 8.78. The molecule has 2 aliphatic heterocycles. The monoisotopic (exact) mass is 498 g/mol. The maximum Gasteiger partial charge on any atom is 0.316 e. The van der Waals surface area contributed by atoms with Gasteiger partial charge in [0.05, 0.1) is 30.6 Å². The topological polar surface area (TPSA) is 93.2 Å². The summed E-state index contributed by atoms with van der Waals surface area (Å²) in [7, 11) is 1.56. The zero-order chi connectivity index (χ0) is 25.4. The van der Waals surface area contributed by atoms with Crippen molar-refractivity contribution in [2.45, 2.75) is 12.8 Å². The van der Waals surface area contributed by atoms with E-state index in [1.807, 2.05) is 0 Å². The first-order valence-electron chi connectivity index (χ1n) is 12.8. The van der Waals surface area contributed by atoms with E-state index in [1.165, 1.54) is 4.90 Å². The third kappa shape index (κ3) is 3.35. The van der Waals surface area contributed by atoms with Crippen LogP contribution < -0.4 is 19.3 Å². The van der Waals surface area contributed by atoms with Crippen LogP contribution in [0.4, 0.5) is 11.4 Å². The summed E-state index contributed by atoms with van der Waals surface area (Å²) in [5, 5.41) is 0. The SMILES string of the molecule is COc1cccc(N2C[C@@H](C(=O)Oc3cccc(N4C(=O)[C@H]5[C@@H]6C=C[C@H]([C@@H]7C[C@H]67)[C@@H]5C4=O)c3)CC2=O)c1. The third-order valence-electron chi connectivity index (χ3n) is 8.78. The summed E-state index contributed by atoms with van der Waals surface area (Å²) >= 11 is 0. The fraction of sp³-hybridized carbons (Fsp3) is 0.379. The molecule has 2 bridgehead atoms. The van der Waals surface area contributed by atoms with Crippen molar-refractivity contribution >= 4 is 35.1 Å². The molecule has 2 aromatic carbocycles. The molecule has 0 unspecified atom stereocenters. The Balaban J connectivity index is 1.07. The van der Waals surface area contributed by atoms with Crippen LogP contribution in [0, 0.1) is 41.4 Å². The van der Waals surface area contributed by atoms with Crippen molar-refractivity contribution in [3.8, 4) is 11.5 Å². The minimum Gasteiger partial charge on any atom is -0.497 e. The van der Waals surface area contributed by atoms with E-state index in [1.54, 1.807) is 60.5 Å². The minimum absolute atomic E-state index is 0.0420. The first-order chi connectivity index (χ1) is 17.9. The number of methoxy groups -OCH3 is 1. The van der Waals surface area contributed by atoms with Gasteiger partial charge in [-0.25, -0.2) is 4.90 Å². The predicted molar refractivity (Wildman–Crippen MR) is 133 cm³/mol. The lowest BCUT2D eigenvalue weighted by Gasteiger charge is -2.37. The second-order valence-corrected chi connectivity index (χ2v) is 10.7. The fourth-order valence-corrected chi connectivity index (χ4v) is 6.99. The summed E-state index contributed by atoms with van der Waals surface area (Å²) in [4.78, 5) is 55.3. The quantitative estimate of drug-likeness (QED) is 0.272. The molecule has 0 spiro atoms. The van der Waals surface area contributed by atoms with E-state index in [-0.39, 0.29) is 60.1 Å². The van der Waals surface area contributed by atoms with Gasteiger partial charge in [-0.05, 0) is 54.4 Å². The van der Waals surface area contributed by atoms with Crippen molar-refractivity contribution in [2.75, 3.05) is 23.5 Å². The summed E-state index contributed by atoms with van der Waals surface area (Å²) in [5.41, 5.74) is 1.08. The predicted octanol–water partition coefficient (Wildman–Crippen LogP) is 3.21. The lowest BCUT2D eigenvalue weighted by molar-refractivity contribution is -0.139. The van der Waals surface area contributed by atoms with Gasteiger partial charge in [-0.15, -0.1) is 0 Å². The number of ether oxygens (including phenoxy) is 2. The Hall–Kier alpha value is -3.94. The number of hydrogen-bond donors (Lipinski definition) is 0. The average Bonchev–Trinajstić information content (AvgIpc) is 3.58. The Morgan fingerprint density at radius 2 is 1.49 bits per heavy atom. The highest BCUT2D eigenvalue weighted by Gasteiger charge is 2.67. The van der Waals surface area contributed by atoms with Gasteiger partial charge in [0.1, 0.15) is 11.5 Å². The molecule has 7 atom stereocenters. The molecule has 3 amide bonds. The lowest BCUT2D eigenvalue weighted by atomic mass is 9.63. The van der Waals surface area contributed by atoms with Crippen LogP contribution in [-0.4, -0.2) is 37.3 Å². The molecule has 6 aliphatic rings. The number of carbonyl (C=O) groups is 4. The summed E-state index contributed by atoms with van der Waals surface area (Å²) in [6.07, 6.45) is 5.44. The van der Waals surface area contributed by atoms with Crippen LogP contribution in [0.25, 0.3) is 0 Å². The first-order valence-corrected chi connectivity index (χ1v) is 12.8. The second-order valence-electron chi connectivity index (χ2n) is 10.7. The van der Waals surface area contributed by atoms with Crippen LogP contribution in [0.15, 0.2) is 60.7 Å². The zero-order valence-electron chi connectivity index (χ0n) is 20.3. The van der Waals surface area contributed by atoms with Crippen molar-refractivity contribution in [1.29, 1.82) is 0 Å². The Kier molecular flexibility index (Phi) is 4.83. The van der Waals surface area contributed by atoms with Crippen molar-refractivity contribution < 1.29 is 28.7 Å². The number of benzene rings is 2. The van der Waals surface area contributed by atoms with Gasteiger partial charge >= 0.3 is 5.97 Å². The summed E-state index contributed by atoms with van der Waals surface area (Å²) in [5.74, 6) is 0.0301. The van der Waals surface area contributed by atoms with Gasteiger partial charge in [0.2, 0.25) is 17.7 Å². The largest absolute Gasteiger partial charge is 0.497 e. The summed E-state index contributed by atoms with van der Waals surface area (Å²) < 4.78 is 10.9. The van der Waals surface area contributed by atoms with Gasteiger partial charge in [0, 0.05) is 30.8 Å². The van der Waals surface area contributed by atoms with Crippen LogP contribution in [0.1, 0.15) is 12.8 Å². The molecule has 37 heavy (non-hydrogen) atoms. The van der Waals surface area contributed by atoms with Crippen molar-refractivity contribution in [2.24, 2.45) is 41.4 Å². The van der Waals surface area contributed by atoms with Gasteiger partial charge < -0.3 is 14.4 Å². The Morgan fingerprint density at radius 1 is 0.865 bits per heavy atom. The molecule has 2 aromatic rings. The van der Waals surface area contributed by atoms with Gasteiger partial charge in [-0.1, -0.05) is 24.3 Å². The van der Waals surface area contributed by atoms with Crippen LogP contribution in [0.2, 0.25) is 0 Å². The number of amides is 3. The molecule has 2 saturated heterocycles. The minimum atomic E-state index is -0.631. The van der Waals surface area contributed by atoms with E-state index in [0.717, 1.165) is 6.42 Å². The van der Waals surface area contributed by atoms with Crippen molar-refractivity contribution in [3.63, 3.8) is 0 Å². The van der Waals surface area contributed by atoms with Crippen LogP contribution in [-0.2, 0) is 19.2 Å². The van der Waals surface area contributed by atoms with E-state index in [9.17, 15) is 19.2 Å². The smallest absolute Gasteiger partial charge is 0.316 e. The molecular weight excluding hydrogens is 472 g/mol. The number of rotatable bonds is 5. The molecule has 0 aromatic heterocycles. The molecule has 8 rings (SSSR count). The van der Waals surface area contributed by atoms with Crippen LogP contribution in [0.5, 0.6) is 11.5 Å². The molecule has 4 fully saturated rings. The molecule has 8 nitrogen and oxygen atoms in total. The standard InChI is InChI=1S/C29H26N2O6/c1-36-18-6-2-4-16(11-18)30-14-15(10-24(30)32)29(35)37-19-7-3-5-17(12-19)31-27(33)25-20-8-9-21(23-13-22(20)23)26(25)28(31)34/h2-9,11-12,15,20-23,25-26H,10,13-14H2,1H3/t15-,20+,21+,22-,23+,25-,26-/m0/s1. The molecular formula is C29H26N2O6. The van der Waals surface area contributed by atoms with Crippen LogP contribution in [0.3, 0.4) is 0 Å². The Morgan fingerprint density at radius 3 is 2.16 bits per heavy atom. The molecule has 4 aliphatic carbocycles. The van der Waals surface area contributed by atoms with Crippen molar-refractivity contribution in [3.05, 3.63) is 60.7 Å². The highest BCUT2D eigenvalue weighted by molar-refractivity contribution is 6.22. The molecule has 2 saturated carbocycles. The maximum atomic E-state index is 13.4. The normalized spacial score (nSPS) is 33.0. The maximum absolute atomic E-state index is 13.4. The lowest BCUT2D eigenvalue weighted by Crippen LogP contribution is -2.40. The second kappa shape index (κ2) is 8.03. The number of carbonyl (C=O) groups excluding carboxylic acids is 4. The van der Waals surface area contributed by atoms with E-state index in [4.69, 9.17) is 9.47 Å². The number of imide groups is 1. The molecule has 0 radical (unpaired) electrons. The highest BCUT2D eigenvalue weighted by atomic mass is 16.5.